The van der Waals surface area contributed by atoms with Crippen LogP contribution in [0.3, 0.4) is 0 Å². The van der Waals surface area contributed by atoms with Gasteiger partial charge in [-0.05, 0) is 34.0 Å². The van der Waals surface area contributed by atoms with Crippen LogP contribution in [-0.4, -0.2) is 20.2 Å². The monoisotopic (exact) mass is 188 g/mol. The zero-order valence-corrected chi connectivity index (χ0v) is 8.25. The third-order valence-electron chi connectivity index (χ3n) is 2.17. The number of hydrogen-bond donors (Lipinski definition) is 0. The second kappa shape index (κ2) is 3.57. The minimum atomic E-state index is 0.554. The summed E-state index contributed by atoms with van der Waals surface area (Å²) in [7, 11) is 0. The van der Waals surface area contributed by atoms with E-state index in [0.717, 1.165) is 5.69 Å². The molecule has 1 aromatic heterocycles. The highest BCUT2D eigenvalue weighted by Gasteiger charge is 2.00. The molecule has 0 aliphatic heterocycles. The summed E-state index contributed by atoms with van der Waals surface area (Å²) in [6, 6.07) is 8.24. The molecule has 0 saturated heterocycles. The van der Waals surface area contributed by atoms with Crippen LogP contribution >= 0.6 is 0 Å². The van der Waals surface area contributed by atoms with Gasteiger partial charge < -0.3 is 0 Å². The van der Waals surface area contributed by atoms with Crippen LogP contribution in [0.4, 0.5) is 0 Å². The highest BCUT2D eigenvalue weighted by molar-refractivity contribution is 5.34. The van der Waals surface area contributed by atoms with Crippen molar-refractivity contribution in [3.05, 3.63) is 36.2 Å². The minimum Gasteiger partial charge on any atom is -0.201 e. The van der Waals surface area contributed by atoms with Gasteiger partial charge in [0, 0.05) is 0 Å². The van der Waals surface area contributed by atoms with Crippen molar-refractivity contribution < 1.29 is 0 Å². The van der Waals surface area contributed by atoms with Gasteiger partial charge in [0.15, 0.2) is 0 Å². The highest BCUT2D eigenvalue weighted by atomic mass is 15.5. The fraction of sp³-hybridized carbons (Fsp3) is 0.300. The molecule has 0 unspecified atom stereocenters. The van der Waals surface area contributed by atoms with Gasteiger partial charge in [-0.25, -0.2) is 4.68 Å². The van der Waals surface area contributed by atoms with Gasteiger partial charge in [0.2, 0.25) is 0 Å². The van der Waals surface area contributed by atoms with Gasteiger partial charge in [-0.2, -0.15) is 0 Å². The van der Waals surface area contributed by atoms with E-state index in [1.54, 1.807) is 11.0 Å². The molecule has 14 heavy (non-hydrogen) atoms. The smallest absolute Gasteiger partial charge is 0.143 e. The van der Waals surface area contributed by atoms with Crippen molar-refractivity contribution in [3.8, 4) is 5.69 Å². The zero-order chi connectivity index (χ0) is 9.97. The Balaban J connectivity index is 2.31. The fourth-order valence-electron chi connectivity index (χ4n) is 1.29. The molecule has 0 radical (unpaired) electrons. The molecule has 0 atom stereocenters. The van der Waals surface area contributed by atoms with Crippen molar-refractivity contribution in [1.29, 1.82) is 0 Å². The molecule has 4 nitrogen and oxygen atoms in total. The Morgan fingerprint density at radius 2 is 1.86 bits per heavy atom. The molecule has 0 aliphatic carbocycles. The maximum Gasteiger partial charge on any atom is 0.143 e. The highest BCUT2D eigenvalue weighted by Crippen LogP contribution is 2.15. The van der Waals surface area contributed by atoms with Crippen molar-refractivity contribution in [2.24, 2.45) is 0 Å². The second-order valence-electron chi connectivity index (χ2n) is 3.50. The fourth-order valence-corrected chi connectivity index (χ4v) is 1.29. The standard InChI is InChI=1S/C10H12N4/c1-8(2)9-3-5-10(6-4-9)14-7-11-12-13-14/h3-8H,1-2H3. The molecule has 0 aliphatic rings. The van der Waals surface area contributed by atoms with E-state index in [4.69, 9.17) is 0 Å². The summed E-state index contributed by atoms with van der Waals surface area (Å²) in [4.78, 5) is 0. The van der Waals surface area contributed by atoms with E-state index in [1.165, 1.54) is 5.56 Å². The van der Waals surface area contributed by atoms with Gasteiger partial charge >= 0.3 is 0 Å². The number of aromatic nitrogens is 4. The second-order valence-corrected chi connectivity index (χ2v) is 3.50. The van der Waals surface area contributed by atoms with E-state index in [-0.39, 0.29) is 0 Å². The Morgan fingerprint density at radius 1 is 1.14 bits per heavy atom. The summed E-state index contributed by atoms with van der Waals surface area (Å²) >= 11 is 0. The molecule has 0 saturated carbocycles. The molecule has 1 aromatic carbocycles. The first-order chi connectivity index (χ1) is 6.77. The number of benzene rings is 1. The maximum atomic E-state index is 3.82. The molecular formula is C10H12N4. The SMILES string of the molecule is CC(C)c1ccc(-n2cnnn2)cc1. The van der Waals surface area contributed by atoms with Crippen molar-refractivity contribution in [1.82, 2.24) is 20.2 Å². The van der Waals surface area contributed by atoms with Crippen LogP contribution in [0.5, 0.6) is 0 Å². The molecule has 72 valence electrons. The summed E-state index contributed by atoms with van der Waals surface area (Å²) < 4.78 is 1.64. The quantitative estimate of drug-likeness (QED) is 0.721. The largest absolute Gasteiger partial charge is 0.201 e. The van der Waals surface area contributed by atoms with E-state index in [9.17, 15) is 0 Å². The average Bonchev–Trinajstić information content (AvgIpc) is 2.71. The van der Waals surface area contributed by atoms with Gasteiger partial charge in [-0.15, -0.1) is 5.10 Å². The summed E-state index contributed by atoms with van der Waals surface area (Å²) in [5.41, 5.74) is 2.31. The van der Waals surface area contributed by atoms with E-state index in [0.29, 0.717) is 5.92 Å². The number of rotatable bonds is 2. The van der Waals surface area contributed by atoms with Gasteiger partial charge in [0.25, 0.3) is 0 Å². The van der Waals surface area contributed by atoms with E-state index in [1.807, 2.05) is 12.1 Å². The molecule has 4 heteroatoms. The zero-order valence-electron chi connectivity index (χ0n) is 8.25. The van der Waals surface area contributed by atoms with Crippen LogP contribution < -0.4 is 0 Å². The Kier molecular flexibility index (Phi) is 2.26. The first-order valence-corrected chi connectivity index (χ1v) is 4.60. The minimum absolute atomic E-state index is 0.554. The van der Waals surface area contributed by atoms with Crippen LogP contribution in [0.15, 0.2) is 30.6 Å². The summed E-state index contributed by atoms with van der Waals surface area (Å²) in [6.07, 6.45) is 1.59. The summed E-state index contributed by atoms with van der Waals surface area (Å²) in [5, 5.41) is 11.0. The number of nitrogens with zero attached hydrogens (tertiary/aromatic N) is 4. The third kappa shape index (κ3) is 1.64. The van der Waals surface area contributed by atoms with Gasteiger partial charge in [0.05, 0.1) is 5.69 Å². The molecule has 2 aromatic rings. The molecule has 0 amide bonds. The number of tetrazole rings is 1. The first kappa shape index (κ1) is 8.87. The predicted molar refractivity (Wildman–Crippen MR) is 53.2 cm³/mol. The van der Waals surface area contributed by atoms with Crippen LogP contribution in [0.1, 0.15) is 25.3 Å². The Morgan fingerprint density at radius 3 is 2.36 bits per heavy atom. The van der Waals surface area contributed by atoms with Crippen molar-refractivity contribution in [3.63, 3.8) is 0 Å². The lowest BCUT2D eigenvalue weighted by molar-refractivity contribution is 0.787. The summed E-state index contributed by atoms with van der Waals surface area (Å²) in [5.74, 6) is 0.554. The molecule has 0 bridgehead atoms. The van der Waals surface area contributed by atoms with Crippen molar-refractivity contribution >= 4 is 0 Å². The topological polar surface area (TPSA) is 43.6 Å². The molecule has 0 N–H and O–H groups in total. The van der Waals surface area contributed by atoms with Gasteiger partial charge in [0.1, 0.15) is 6.33 Å². The van der Waals surface area contributed by atoms with Crippen LogP contribution in [-0.2, 0) is 0 Å². The van der Waals surface area contributed by atoms with Gasteiger partial charge in [-0.3, -0.25) is 0 Å². The summed E-state index contributed by atoms with van der Waals surface area (Å²) in [6.45, 7) is 4.35. The first-order valence-electron chi connectivity index (χ1n) is 4.60. The van der Waals surface area contributed by atoms with Gasteiger partial charge in [-0.1, -0.05) is 26.0 Å². The maximum absolute atomic E-state index is 3.82. The van der Waals surface area contributed by atoms with Crippen molar-refractivity contribution in [2.75, 3.05) is 0 Å². The molecule has 0 spiro atoms. The molecule has 1 heterocycles. The lowest BCUT2D eigenvalue weighted by atomic mass is 10.0. The van der Waals surface area contributed by atoms with Crippen LogP contribution in [0.2, 0.25) is 0 Å². The van der Waals surface area contributed by atoms with E-state index in [2.05, 4.69) is 41.5 Å². The normalized spacial score (nSPS) is 10.8. The Labute approximate surface area is 82.6 Å². The van der Waals surface area contributed by atoms with E-state index >= 15 is 0 Å². The lowest BCUT2D eigenvalue weighted by Gasteiger charge is -2.05. The molecular weight excluding hydrogens is 176 g/mol. The Bertz CT molecular complexity index is 389. The van der Waals surface area contributed by atoms with Crippen LogP contribution in [0, 0.1) is 0 Å². The van der Waals surface area contributed by atoms with E-state index < -0.39 is 0 Å². The predicted octanol–water partition coefficient (Wildman–Crippen LogP) is 1.79. The Hall–Kier alpha value is -1.71. The third-order valence-corrected chi connectivity index (χ3v) is 2.17. The molecule has 0 fully saturated rings. The number of hydrogen-bond acceptors (Lipinski definition) is 3. The lowest BCUT2D eigenvalue weighted by Crippen LogP contribution is -1.95. The van der Waals surface area contributed by atoms with Crippen molar-refractivity contribution in [2.45, 2.75) is 19.8 Å². The average molecular weight is 188 g/mol. The molecule has 2 rings (SSSR count). The van der Waals surface area contributed by atoms with Crippen LogP contribution in [0.25, 0.3) is 5.69 Å².